The van der Waals surface area contributed by atoms with E-state index < -0.39 is 0 Å². The first-order chi connectivity index (χ1) is 7.31. The smallest absolute Gasteiger partial charge is 0.0739 e. The molecule has 88 valence electrons. The summed E-state index contributed by atoms with van der Waals surface area (Å²) in [6.45, 7) is 3.35. The van der Waals surface area contributed by atoms with Gasteiger partial charge in [0.2, 0.25) is 0 Å². The summed E-state index contributed by atoms with van der Waals surface area (Å²) in [6, 6.07) is 0.177. The van der Waals surface area contributed by atoms with Crippen LogP contribution in [0.4, 0.5) is 0 Å². The monoisotopic (exact) mass is 215 g/mol. The van der Waals surface area contributed by atoms with Crippen LogP contribution in [0.1, 0.15) is 19.3 Å². The van der Waals surface area contributed by atoms with E-state index in [2.05, 4.69) is 4.90 Å². The zero-order chi connectivity index (χ0) is 10.7. The van der Waals surface area contributed by atoms with E-state index in [1.54, 1.807) is 7.11 Å². The fraction of sp³-hybridized carbons (Fsp3) is 1.00. The molecule has 0 radical (unpaired) electrons. The fourth-order valence-electron chi connectivity index (χ4n) is 2.52. The first-order valence-electron chi connectivity index (χ1n) is 5.84. The summed E-state index contributed by atoms with van der Waals surface area (Å²) < 4.78 is 10.8. The van der Waals surface area contributed by atoms with E-state index in [4.69, 9.17) is 9.47 Å². The predicted octanol–water partition coefficient (Wildman–Crippen LogP) is 0.247. The summed E-state index contributed by atoms with van der Waals surface area (Å²) in [4.78, 5) is 2.32. The van der Waals surface area contributed by atoms with E-state index in [1.165, 1.54) is 0 Å². The quantitative estimate of drug-likeness (QED) is 0.717. The van der Waals surface area contributed by atoms with Gasteiger partial charge in [0.1, 0.15) is 0 Å². The van der Waals surface area contributed by atoms with Crippen LogP contribution in [0.3, 0.4) is 0 Å². The molecule has 0 saturated carbocycles. The third kappa shape index (κ3) is 2.69. The predicted molar refractivity (Wildman–Crippen MR) is 56.8 cm³/mol. The highest BCUT2D eigenvalue weighted by atomic mass is 16.5. The Morgan fingerprint density at radius 1 is 1.40 bits per heavy atom. The largest absolute Gasteiger partial charge is 0.391 e. The maximum Gasteiger partial charge on any atom is 0.0739 e. The molecule has 1 N–H and O–H groups in total. The maximum absolute atomic E-state index is 9.92. The Hall–Kier alpha value is -0.160. The molecule has 2 saturated heterocycles. The second kappa shape index (κ2) is 5.25. The van der Waals surface area contributed by atoms with Crippen molar-refractivity contribution < 1.29 is 14.6 Å². The average molecular weight is 215 g/mol. The number of likely N-dealkylation sites (tertiary alicyclic amines) is 1. The van der Waals surface area contributed by atoms with Crippen molar-refractivity contribution >= 4 is 0 Å². The number of aliphatic hydroxyl groups excluding tert-OH is 1. The van der Waals surface area contributed by atoms with Gasteiger partial charge in [-0.2, -0.15) is 0 Å². The fourth-order valence-corrected chi connectivity index (χ4v) is 2.52. The van der Waals surface area contributed by atoms with E-state index in [9.17, 15) is 5.11 Å². The summed E-state index contributed by atoms with van der Waals surface area (Å²) in [7, 11) is 1.77. The average Bonchev–Trinajstić information content (AvgIpc) is 2.30. The van der Waals surface area contributed by atoms with Crippen LogP contribution in [0.2, 0.25) is 0 Å². The standard InChI is InChI=1S/C11H21NO3/c1-14-9-3-2-5-12(7-9)10-8-15-6-4-11(10)13/h9-11,13H,2-8H2,1H3. The Kier molecular flexibility index (Phi) is 3.97. The van der Waals surface area contributed by atoms with E-state index in [1.807, 2.05) is 0 Å². The molecule has 0 aromatic carbocycles. The second-order valence-corrected chi connectivity index (χ2v) is 4.49. The number of methoxy groups -OCH3 is 1. The van der Waals surface area contributed by atoms with Crippen LogP contribution in [-0.4, -0.2) is 61.7 Å². The van der Waals surface area contributed by atoms with Crippen LogP contribution in [-0.2, 0) is 9.47 Å². The van der Waals surface area contributed by atoms with Crippen molar-refractivity contribution in [2.45, 2.75) is 37.5 Å². The molecule has 15 heavy (non-hydrogen) atoms. The van der Waals surface area contributed by atoms with Gasteiger partial charge in [0.15, 0.2) is 0 Å². The lowest BCUT2D eigenvalue weighted by Crippen LogP contribution is -2.54. The molecule has 0 aromatic heterocycles. The molecule has 2 heterocycles. The highest BCUT2D eigenvalue weighted by molar-refractivity contribution is 4.85. The molecule has 2 rings (SSSR count). The molecule has 2 aliphatic heterocycles. The number of hydrogen-bond acceptors (Lipinski definition) is 4. The zero-order valence-electron chi connectivity index (χ0n) is 9.39. The van der Waals surface area contributed by atoms with Crippen LogP contribution in [0.5, 0.6) is 0 Å². The van der Waals surface area contributed by atoms with Gasteiger partial charge >= 0.3 is 0 Å². The van der Waals surface area contributed by atoms with Gasteiger partial charge in [-0.25, -0.2) is 0 Å². The Morgan fingerprint density at radius 2 is 2.27 bits per heavy atom. The molecule has 0 aliphatic carbocycles. The Balaban J connectivity index is 1.90. The van der Waals surface area contributed by atoms with Crippen LogP contribution in [0, 0.1) is 0 Å². The van der Waals surface area contributed by atoms with Gasteiger partial charge in [0.05, 0.1) is 24.9 Å². The van der Waals surface area contributed by atoms with Crippen LogP contribution in [0.15, 0.2) is 0 Å². The number of nitrogens with zero attached hydrogens (tertiary/aromatic N) is 1. The second-order valence-electron chi connectivity index (χ2n) is 4.49. The van der Waals surface area contributed by atoms with Crippen LogP contribution >= 0.6 is 0 Å². The van der Waals surface area contributed by atoms with Gasteiger partial charge in [-0.05, 0) is 25.8 Å². The molecule has 0 aromatic rings. The molecule has 0 spiro atoms. The van der Waals surface area contributed by atoms with Gasteiger partial charge < -0.3 is 14.6 Å². The number of aliphatic hydroxyl groups is 1. The highest BCUT2D eigenvalue weighted by Crippen LogP contribution is 2.20. The third-order valence-corrected chi connectivity index (χ3v) is 3.50. The number of ether oxygens (including phenoxy) is 2. The first-order valence-corrected chi connectivity index (χ1v) is 5.84. The lowest BCUT2D eigenvalue weighted by atomic mass is 10.0. The number of hydrogen-bond donors (Lipinski definition) is 1. The van der Waals surface area contributed by atoms with E-state index >= 15 is 0 Å². The summed E-state index contributed by atoms with van der Waals surface area (Å²) in [5.41, 5.74) is 0. The van der Waals surface area contributed by atoms with Gasteiger partial charge in [0.25, 0.3) is 0 Å². The van der Waals surface area contributed by atoms with Crippen molar-refractivity contribution in [3.63, 3.8) is 0 Å². The molecule has 0 amide bonds. The molecule has 2 aliphatic rings. The van der Waals surface area contributed by atoms with Gasteiger partial charge in [-0.15, -0.1) is 0 Å². The molecule has 4 nitrogen and oxygen atoms in total. The van der Waals surface area contributed by atoms with Gasteiger partial charge in [-0.3, -0.25) is 4.90 Å². The Morgan fingerprint density at radius 3 is 3.00 bits per heavy atom. The van der Waals surface area contributed by atoms with Crippen molar-refractivity contribution in [3.05, 3.63) is 0 Å². The number of piperidine rings is 1. The van der Waals surface area contributed by atoms with Crippen molar-refractivity contribution in [2.75, 3.05) is 33.4 Å². The molecular weight excluding hydrogens is 194 g/mol. The van der Waals surface area contributed by atoms with Crippen molar-refractivity contribution in [3.8, 4) is 0 Å². The van der Waals surface area contributed by atoms with E-state index in [0.29, 0.717) is 19.3 Å². The molecular formula is C11H21NO3. The SMILES string of the molecule is COC1CCCN(C2COCCC2O)C1. The minimum Gasteiger partial charge on any atom is -0.391 e. The minimum absolute atomic E-state index is 0.177. The van der Waals surface area contributed by atoms with E-state index in [-0.39, 0.29) is 12.1 Å². The molecule has 4 heteroatoms. The maximum atomic E-state index is 9.92. The van der Waals surface area contributed by atoms with E-state index in [0.717, 1.165) is 32.4 Å². The highest BCUT2D eigenvalue weighted by Gasteiger charge is 2.32. The van der Waals surface area contributed by atoms with Crippen molar-refractivity contribution in [1.29, 1.82) is 0 Å². The Labute approximate surface area is 91.2 Å². The van der Waals surface area contributed by atoms with Gasteiger partial charge in [0, 0.05) is 20.3 Å². The zero-order valence-corrected chi connectivity index (χ0v) is 9.39. The van der Waals surface area contributed by atoms with Gasteiger partial charge in [-0.1, -0.05) is 0 Å². The summed E-state index contributed by atoms with van der Waals surface area (Å²) in [6.07, 6.45) is 3.15. The molecule has 3 atom stereocenters. The lowest BCUT2D eigenvalue weighted by molar-refractivity contribution is -0.0834. The summed E-state index contributed by atoms with van der Waals surface area (Å²) in [5.74, 6) is 0. The molecule has 2 fully saturated rings. The Bertz CT molecular complexity index is 200. The van der Waals surface area contributed by atoms with Crippen molar-refractivity contribution in [2.24, 2.45) is 0 Å². The van der Waals surface area contributed by atoms with Crippen LogP contribution in [0.25, 0.3) is 0 Å². The molecule has 0 bridgehead atoms. The van der Waals surface area contributed by atoms with Crippen molar-refractivity contribution in [1.82, 2.24) is 4.90 Å². The number of rotatable bonds is 2. The topological polar surface area (TPSA) is 41.9 Å². The van der Waals surface area contributed by atoms with Crippen LogP contribution < -0.4 is 0 Å². The summed E-state index contributed by atoms with van der Waals surface area (Å²) in [5, 5.41) is 9.92. The normalized spacial score (nSPS) is 39.2. The first kappa shape index (κ1) is 11.3. The third-order valence-electron chi connectivity index (χ3n) is 3.50. The summed E-state index contributed by atoms with van der Waals surface area (Å²) >= 11 is 0. The molecule has 3 unspecified atom stereocenters. The lowest BCUT2D eigenvalue weighted by Gasteiger charge is -2.41. The minimum atomic E-state index is -0.227.